The molecule has 0 unspecified atom stereocenters. The lowest BCUT2D eigenvalue weighted by molar-refractivity contribution is -0.152. The van der Waals surface area contributed by atoms with E-state index >= 15 is 0 Å². The Hall–Kier alpha value is -1.88. The molecule has 0 saturated heterocycles. The Balaban J connectivity index is 2.34. The van der Waals surface area contributed by atoms with Crippen molar-refractivity contribution in [3.8, 4) is 0 Å². The van der Waals surface area contributed by atoms with Crippen LogP contribution in [0.1, 0.15) is 6.92 Å². The smallest absolute Gasteiger partial charge is 0.397 e. The van der Waals surface area contributed by atoms with E-state index in [4.69, 9.17) is 0 Å². The molecule has 0 aliphatic rings. The monoisotopic (exact) mass is 321 g/mol. The van der Waals surface area contributed by atoms with Crippen LogP contribution in [0.4, 0.5) is 5.69 Å². The zero-order valence-electron chi connectivity index (χ0n) is 10.3. The number of anilines is 1. The van der Waals surface area contributed by atoms with Gasteiger partial charge in [0, 0.05) is 15.5 Å². The summed E-state index contributed by atoms with van der Waals surface area (Å²) in [4.78, 5) is 22.9. The van der Waals surface area contributed by atoms with Gasteiger partial charge in [-0.2, -0.15) is 0 Å². The van der Waals surface area contributed by atoms with E-state index in [0.717, 1.165) is 15.2 Å². The molecule has 98 valence electrons. The van der Waals surface area contributed by atoms with Gasteiger partial charge in [-0.05, 0) is 24.4 Å². The third-order valence-electron chi connectivity index (χ3n) is 2.58. The summed E-state index contributed by atoms with van der Waals surface area (Å²) < 4.78 is 5.58. The minimum absolute atomic E-state index is 0.174. The molecule has 5 heteroatoms. The first-order valence-electron chi connectivity index (χ1n) is 5.79. The molecule has 1 N–H and O–H groups in total. The molecule has 4 nitrogen and oxygen atoms in total. The van der Waals surface area contributed by atoms with Gasteiger partial charge < -0.3 is 10.1 Å². The summed E-state index contributed by atoms with van der Waals surface area (Å²) in [5.41, 5.74) is 0.580. The van der Waals surface area contributed by atoms with Crippen molar-refractivity contribution in [2.45, 2.75) is 6.92 Å². The summed E-state index contributed by atoms with van der Waals surface area (Å²) in [5.74, 6) is -1.65. The number of hydrogen-bond donors (Lipinski definition) is 1. The van der Waals surface area contributed by atoms with E-state index in [0.29, 0.717) is 5.69 Å². The fraction of sp³-hybridized carbons (Fsp3) is 0.143. The summed E-state index contributed by atoms with van der Waals surface area (Å²) in [7, 11) is 0. The van der Waals surface area contributed by atoms with Crippen molar-refractivity contribution in [1.82, 2.24) is 0 Å². The average molecular weight is 322 g/mol. The fourth-order valence-corrected chi connectivity index (χ4v) is 2.22. The minimum atomic E-state index is -0.880. The maximum absolute atomic E-state index is 11.6. The number of nitrogens with one attached hydrogen (secondary N) is 1. The molecule has 0 bridgehead atoms. The first-order valence-corrected chi connectivity index (χ1v) is 6.58. The second-order valence-corrected chi connectivity index (χ2v) is 4.67. The van der Waals surface area contributed by atoms with Gasteiger partial charge in [0.1, 0.15) is 0 Å². The summed E-state index contributed by atoms with van der Waals surface area (Å²) in [6, 6.07) is 11.1. The molecule has 0 spiro atoms. The van der Waals surface area contributed by atoms with Crippen molar-refractivity contribution in [2.24, 2.45) is 0 Å². The molecule has 0 atom stereocenters. The number of esters is 1. The van der Waals surface area contributed by atoms with Crippen molar-refractivity contribution in [2.75, 3.05) is 11.9 Å². The number of hydrogen-bond acceptors (Lipinski definition) is 3. The molecule has 2 aromatic carbocycles. The lowest BCUT2D eigenvalue weighted by Crippen LogP contribution is -2.25. The first-order chi connectivity index (χ1) is 9.13. The van der Waals surface area contributed by atoms with Crippen molar-refractivity contribution in [3.05, 3.63) is 40.9 Å². The summed E-state index contributed by atoms with van der Waals surface area (Å²) >= 11 is 3.45. The lowest BCUT2D eigenvalue weighted by atomic mass is 10.1. The highest BCUT2D eigenvalue weighted by atomic mass is 79.9. The van der Waals surface area contributed by atoms with Gasteiger partial charge in [-0.3, -0.25) is 4.79 Å². The molecule has 0 saturated carbocycles. The zero-order chi connectivity index (χ0) is 13.8. The molecule has 1 amide bonds. The van der Waals surface area contributed by atoms with Gasteiger partial charge in [-0.1, -0.05) is 40.2 Å². The Morgan fingerprint density at radius 2 is 1.84 bits per heavy atom. The quantitative estimate of drug-likeness (QED) is 0.683. The predicted octanol–water partition coefficient (Wildman–Crippen LogP) is 3.10. The van der Waals surface area contributed by atoms with Gasteiger partial charge in [-0.15, -0.1) is 0 Å². The number of ether oxygens (including phenoxy) is 1. The van der Waals surface area contributed by atoms with Crippen LogP contribution >= 0.6 is 15.9 Å². The van der Waals surface area contributed by atoms with Crippen molar-refractivity contribution in [3.63, 3.8) is 0 Å². The first kappa shape index (κ1) is 13.5. The molecular weight excluding hydrogens is 310 g/mol. The normalized spacial score (nSPS) is 10.2. The van der Waals surface area contributed by atoms with Gasteiger partial charge in [0.05, 0.1) is 6.61 Å². The standard InChI is InChI=1S/C14H12BrNO3/c1-2-19-14(18)13(17)16-12-8-7-11(15)9-5-3-4-6-10(9)12/h3-8H,2H2,1H3,(H,16,17). The third kappa shape index (κ3) is 2.93. The van der Waals surface area contributed by atoms with Crippen LogP contribution in [0, 0.1) is 0 Å². The summed E-state index contributed by atoms with van der Waals surface area (Å²) in [5, 5.41) is 4.38. The Kier molecular flexibility index (Phi) is 4.16. The van der Waals surface area contributed by atoms with Crippen LogP contribution in [-0.2, 0) is 14.3 Å². The van der Waals surface area contributed by atoms with Crippen LogP contribution in [0.3, 0.4) is 0 Å². The van der Waals surface area contributed by atoms with Crippen molar-refractivity contribution in [1.29, 1.82) is 0 Å². The Morgan fingerprint density at radius 1 is 1.16 bits per heavy atom. The minimum Gasteiger partial charge on any atom is -0.459 e. The molecular formula is C14H12BrNO3. The van der Waals surface area contributed by atoms with E-state index < -0.39 is 11.9 Å². The average Bonchev–Trinajstić information content (AvgIpc) is 2.42. The molecule has 2 aromatic rings. The van der Waals surface area contributed by atoms with Crippen LogP contribution in [-0.4, -0.2) is 18.5 Å². The number of fused-ring (bicyclic) bond motifs is 1. The van der Waals surface area contributed by atoms with Crippen molar-refractivity contribution >= 4 is 44.3 Å². The van der Waals surface area contributed by atoms with Crippen LogP contribution in [0.2, 0.25) is 0 Å². The van der Waals surface area contributed by atoms with Gasteiger partial charge in [0.2, 0.25) is 0 Å². The Bertz CT molecular complexity index is 640. The molecule has 0 aliphatic carbocycles. The van der Waals surface area contributed by atoms with E-state index in [2.05, 4.69) is 26.0 Å². The SMILES string of the molecule is CCOC(=O)C(=O)Nc1ccc(Br)c2ccccc12. The maximum Gasteiger partial charge on any atom is 0.397 e. The molecule has 0 radical (unpaired) electrons. The molecule has 0 fully saturated rings. The van der Waals surface area contributed by atoms with Gasteiger partial charge >= 0.3 is 11.9 Å². The van der Waals surface area contributed by atoms with E-state index in [1.54, 1.807) is 13.0 Å². The van der Waals surface area contributed by atoms with E-state index in [-0.39, 0.29) is 6.61 Å². The second kappa shape index (κ2) is 5.84. The van der Waals surface area contributed by atoms with Gasteiger partial charge in [-0.25, -0.2) is 4.79 Å². The summed E-state index contributed by atoms with van der Waals surface area (Å²) in [6.45, 7) is 1.83. The number of halogens is 1. The largest absolute Gasteiger partial charge is 0.459 e. The van der Waals surface area contributed by atoms with Gasteiger partial charge in [0.25, 0.3) is 0 Å². The molecule has 0 aliphatic heterocycles. The Morgan fingerprint density at radius 3 is 2.53 bits per heavy atom. The van der Waals surface area contributed by atoms with Crippen LogP contribution in [0.15, 0.2) is 40.9 Å². The zero-order valence-corrected chi connectivity index (χ0v) is 11.9. The fourth-order valence-electron chi connectivity index (χ4n) is 1.74. The molecule has 0 aromatic heterocycles. The van der Waals surface area contributed by atoms with Crippen molar-refractivity contribution < 1.29 is 14.3 Å². The predicted molar refractivity (Wildman–Crippen MR) is 76.9 cm³/mol. The highest BCUT2D eigenvalue weighted by molar-refractivity contribution is 9.10. The third-order valence-corrected chi connectivity index (χ3v) is 3.27. The highest BCUT2D eigenvalue weighted by Crippen LogP contribution is 2.29. The Labute approximate surface area is 118 Å². The number of rotatable bonds is 2. The maximum atomic E-state index is 11.6. The number of carbonyl (C=O) groups is 2. The second-order valence-electron chi connectivity index (χ2n) is 3.82. The molecule has 2 rings (SSSR count). The van der Waals surface area contributed by atoms with E-state index in [1.807, 2.05) is 30.3 Å². The number of amides is 1. The van der Waals surface area contributed by atoms with E-state index in [1.165, 1.54) is 0 Å². The van der Waals surface area contributed by atoms with Crippen LogP contribution < -0.4 is 5.32 Å². The highest BCUT2D eigenvalue weighted by Gasteiger charge is 2.16. The van der Waals surface area contributed by atoms with E-state index in [9.17, 15) is 9.59 Å². The summed E-state index contributed by atoms with van der Waals surface area (Å²) in [6.07, 6.45) is 0. The van der Waals surface area contributed by atoms with Crippen LogP contribution in [0.5, 0.6) is 0 Å². The van der Waals surface area contributed by atoms with Crippen LogP contribution in [0.25, 0.3) is 10.8 Å². The number of benzene rings is 2. The lowest BCUT2D eigenvalue weighted by Gasteiger charge is -2.09. The molecule has 19 heavy (non-hydrogen) atoms. The van der Waals surface area contributed by atoms with Gasteiger partial charge in [0.15, 0.2) is 0 Å². The number of carbonyl (C=O) groups excluding carboxylic acids is 2. The topological polar surface area (TPSA) is 55.4 Å². The molecule has 0 heterocycles.